The molecule has 0 bridgehead atoms. The number of halogens is 3. The van der Waals surface area contributed by atoms with E-state index in [1.807, 2.05) is 0 Å². The Kier molecular flexibility index (Phi) is 5.17. The smallest absolute Gasteiger partial charge is 0.275 e. The van der Waals surface area contributed by atoms with Gasteiger partial charge in [0.05, 0.1) is 23.7 Å². The molecule has 154 valence electrons. The Bertz CT molecular complexity index is 1110. The first kappa shape index (κ1) is 20.9. The number of nitrogens with zero attached hydrogens (tertiary/aromatic N) is 3. The van der Waals surface area contributed by atoms with Crippen LogP contribution in [0.5, 0.6) is 0 Å². The fourth-order valence-corrected chi connectivity index (χ4v) is 4.38. The van der Waals surface area contributed by atoms with Gasteiger partial charge in [0, 0.05) is 24.4 Å². The van der Waals surface area contributed by atoms with E-state index >= 15 is 0 Å². The normalized spacial score (nSPS) is 20.9. The van der Waals surface area contributed by atoms with Crippen molar-refractivity contribution in [1.82, 2.24) is 19.6 Å². The third-order valence-corrected chi connectivity index (χ3v) is 6.49. The van der Waals surface area contributed by atoms with E-state index in [9.17, 15) is 22.0 Å². The van der Waals surface area contributed by atoms with Gasteiger partial charge in [0.1, 0.15) is 10.8 Å². The van der Waals surface area contributed by atoms with Crippen LogP contribution < -0.4 is 10.6 Å². The number of hydrogen-bond donors (Lipinski definition) is 3. The molecule has 1 saturated heterocycles. The predicted octanol–water partition coefficient (Wildman–Crippen LogP) is 1.68. The van der Waals surface area contributed by atoms with Crippen LogP contribution in [0.2, 0.25) is 5.15 Å². The van der Waals surface area contributed by atoms with Gasteiger partial charge in [-0.3, -0.25) is 10.2 Å². The van der Waals surface area contributed by atoms with Gasteiger partial charge in [-0.05, 0) is 13.0 Å². The minimum atomic E-state index is -3.94. The largest absolute Gasteiger partial charge is 0.345 e. The average Bonchev–Trinajstić information content (AvgIpc) is 2.62. The standard InChI is InChI=1S/C16H15ClF2N6O3S/c1-16(7-29(27,28)25(2)15(20)24-16)9-3-8(4-10(18)13(9)19)23-14(26)11-5-22-12(17)6-21-11/h3-6H,7H2,1-2H3,(H2,20,24)(H,23,26)/t16-/m0/s1. The van der Waals surface area contributed by atoms with Gasteiger partial charge in [0.15, 0.2) is 11.6 Å². The van der Waals surface area contributed by atoms with Gasteiger partial charge >= 0.3 is 0 Å². The second kappa shape index (κ2) is 7.19. The van der Waals surface area contributed by atoms with Crippen LogP contribution in [0.25, 0.3) is 0 Å². The van der Waals surface area contributed by atoms with Gasteiger partial charge in [-0.1, -0.05) is 11.6 Å². The van der Waals surface area contributed by atoms with Crippen molar-refractivity contribution < 1.29 is 22.0 Å². The number of carbonyl (C=O) groups excluding carboxylic acids is 1. The highest BCUT2D eigenvalue weighted by Gasteiger charge is 2.44. The summed E-state index contributed by atoms with van der Waals surface area (Å²) in [5.41, 5.74) is -2.26. The number of hydrogen-bond acceptors (Lipinski definition) is 6. The topological polar surface area (TPSA) is 128 Å². The predicted molar refractivity (Wildman–Crippen MR) is 101 cm³/mol. The molecule has 0 aliphatic carbocycles. The highest BCUT2D eigenvalue weighted by Crippen LogP contribution is 2.32. The highest BCUT2D eigenvalue weighted by atomic mass is 35.5. The number of carbonyl (C=O) groups is 1. The van der Waals surface area contributed by atoms with E-state index in [4.69, 9.17) is 17.0 Å². The summed E-state index contributed by atoms with van der Waals surface area (Å²) in [6.07, 6.45) is 2.25. The van der Waals surface area contributed by atoms with E-state index in [1.54, 1.807) is 0 Å². The summed E-state index contributed by atoms with van der Waals surface area (Å²) in [5, 5.41) is 12.8. The molecule has 0 radical (unpaired) electrons. The van der Waals surface area contributed by atoms with Crippen molar-refractivity contribution in [2.45, 2.75) is 12.5 Å². The Morgan fingerprint density at radius 3 is 2.62 bits per heavy atom. The molecule has 3 rings (SSSR count). The molecule has 1 atom stereocenters. The van der Waals surface area contributed by atoms with Gasteiger partial charge in [-0.25, -0.2) is 31.5 Å². The number of rotatable bonds is 3. The van der Waals surface area contributed by atoms with E-state index in [0.717, 1.165) is 24.5 Å². The van der Waals surface area contributed by atoms with Gasteiger partial charge in [0.25, 0.3) is 5.91 Å². The zero-order valence-corrected chi connectivity index (χ0v) is 16.7. The van der Waals surface area contributed by atoms with E-state index in [1.165, 1.54) is 14.0 Å². The Labute approximate surface area is 169 Å². The number of sulfonamides is 1. The summed E-state index contributed by atoms with van der Waals surface area (Å²) in [6, 6.07) is 1.85. The van der Waals surface area contributed by atoms with Crippen molar-refractivity contribution in [2.24, 2.45) is 0 Å². The molecule has 1 aromatic heterocycles. The second-order valence-electron chi connectivity index (χ2n) is 6.53. The van der Waals surface area contributed by atoms with E-state index in [-0.39, 0.29) is 22.1 Å². The Balaban J connectivity index is 1.99. The van der Waals surface area contributed by atoms with Crippen LogP contribution in [0, 0.1) is 17.0 Å². The maximum absolute atomic E-state index is 14.5. The van der Waals surface area contributed by atoms with Crippen LogP contribution in [0.15, 0.2) is 24.5 Å². The molecule has 2 aromatic rings. The Hall–Kier alpha value is -2.86. The number of amides is 1. The summed E-state index contributed by atoms with van der Waals surface area (Å²) in [4.78, 5) is 19.7. The summed E-state index contributed by atoms with van der Waals surface area (Å²) >= 11 is 5.61. The van der Waals surface area contributed by atoms with Gasteiger partial charge in [-0.15, -0.1) is 0 Å². The Morgan fingerprint density at radius 1 is 1.34 bits per heavy atom. The third kappa shape index (κ3) is 3.98. The molecule has 1 amide bonds. The first-order valence-electron chi connectivity index (χ1n) is 8.05. The molecule has 2 heterocycles. The lowest BCUT2D eigenvalue weighted by molar-refractivity contribution is 0.102. The van der Waals surface area contributed by atoms with Crippen molar-refractivity contribution in [3.8, 4) is 0 Å². The number of aromatic nitrogens is 2. The minimum absolute atomic E-state index is 0.0709. The fourth-order valence-electron chi connectivity index (χ4n) is 2.81. The van der Waals surface area contributed by atoms with Crippen LogP contribution in [0.1, 0.15) is 23.0 Å². The second-order valence-corrected chi connectivity index (χ2v) is 8.92. The zero-order valence-electron chi connectivity index (χ0n) is 15.1. The highest BCUT2D eigenvalue weighted by molar-refractivity contribution is 7.89. The van der Waals surface area contributed by atoms with Crippen LogP contribution in [0.3, 0.4) is 0 Å². The first-order chi connectivity index (χ1) is 13.4. The average molecular weight is 445 g/mol. The molecule has 3 N–H and O–H groups in total. The lowest BCUT2D eigenvalue weighted by Crippen LogP contribution is -2.61. The van der Waals surface area contributed by atoms with Crippen molar-refractivity contribution in [2.75, 3.05) is 18.1 Å². The fraction of sp³-hybridized carbons (Fsp3) is 0.250. The lowest BCUT2D eigenvalue weighted by Gasteiger charge is -2.40. The summed E-state index contributed by atoms with van der Waals surface area (Å²) in [5.74, 6) is -4.48. The van der Waals surface area contributed by atoms with Gasteiger partial charge in [-0.2, -0.15) is 0 Å². The lowest BCUT2D eigenvalue weighted by atomic mass is 9.92. The number of anilines is 1. The van der Waals surface area contributed by atoms with Crippen LogP contribution in [0.4, 0.5) is 14.5 Å². The van der Waals surface area contributed by atoms with Crippen LogP contribution >= 0.6 is 11.6 Å². The first-order valence-corrected chi connectivity index (χ1v) is 10.0. The van der Waals surface area contributed by atoms with Gasteiger partial charge in [0.2, 0.25) is 16.0 Å². The number of nitrogens with one attached hydrogen (secondary N) is 3. The molecule has 9 nitrogen and oxygen atoms in total. The molecule has 1 aliphatic heterocycles. The molecular formula is C16H15ClF2N6O3S. The Morgan fingerprint density at radius 2 is 2.03 bits per heavy atom. The third-order valence-electron chi connectivity index (χ3n) is 4.33. The molecule has 1 aromatic carbocycles. The summed E-state index contributed by atoms with van der Waals surface area (Å²) < 4.78 is 54.0. The molecule has 1 fully saturated rings. The molecule has 0 unspecified atom stereocenters. The number of benzene rings is 1. The monoisotopic (exact) mass is 444 g/mol. The van der Waals surface area contributed by atoms with E-state index in [2.05, 4.69) is 20.6 Å². The van der Waals surface area contributed by atoms with Crippen molar-refractivity contribution >= 4 is 39.2 Å². The molecule has 0 spiro atoms. The van der Waals surface area contributed by atoms with Crippen molar-refractivity contribution in [1.29, 1.82) is 5.41 Å². The molecule has 1 aliphatic rings. The maximum Gasteiger partial charge on any atom is 0.275 e. The molecule has 29 heavy (non-hydrogen) atoms. The van der Waals surface area contributed by atoms with Crippen LogP contribution in [-0.4, -0.2) is 47.4 Å². The van der Waals surface area contributed by atoms with Crippen LogP contribution in [-0.2, 0) is 15.6 Å². The molecular weight excluding hydrogens is 430 g/mol. The zero-order chi connectivity index (χ0) is 21.6. The summed E-state index contributed by atoms with van der Waals surface area (Å²) in [6.45, 7) is 1.32. The maximum atomic E-state index is 14.5. The molecule has 0 saturated carbocycles. The van der Waals surface area contributed by atoms with Gasteiger partial charge < -0.3 is 10.6 Å². The van der Waals surface area contributed by atoms with Crippen molar-refractivity contribution in [3.63, 3.8) is 0 Å². The van der Waals surface area contributed by atoms with E-state index in [0.29, 0.717) is 4.31 Å². The van der Waals surface area contributed by atoms with E-state index < -0.39 is 44.8 Å². The minimum Gasteiger partial charge on any atom is -0.345 e. The SMILES string of the molecule is CN1C(=N)N[C@](C)(c2cc(NC(=O)c3cnc(Cl)cn3)cc(F)c2F)CS1(=O)=O. The number of guanidine groups is 1. The molecule has 13 heteroatoms. The quantitative estimate of drug-likeness (QED) is 0.660. The van der Waals surface area contributed by atoms with Crippen molar-refractivity contribution in [3.05, 3.63) is 52.6 Å². The summed E-state index contributed by atoms with van der Waals surface area (Å²) in [7, 11) is -2.77.